The third-order valence-corrected chi connectivity index (χ3v) is 4.43. The molecule has 6 heteroatoms. The predicted molar refractivity (Wildman–Crippen MR) is 113 cm³/mol. The summed E-state index contributed by atoms with van der Waals surface area (Å²) in [7, 11) is 1.61. The summed E-state index contributed by atoms with van der Waals surface area (Å²) >= 11 is 0. The zero-order chi connectivity index (χ0) is 20.1. The van der Waals surface area contributed by atoms with E-state index in [1.165, 1.54) is 0 Å². The van der Waals surface area contributed by atoms with Crippen molar-refractivity contribution in [2.75, 3.05) is 7.11 Å². The fraction of sp³-hybridized carbons (Fsp3) is 0.0435. The molecule has 6 nitrogen and oxygen atoms in total. The zero-order valence-corrected chi connectivity index (χ0v) is 15.7. The van der Waals surface area contributed by atoms with Crippen LogP contribution < -0.4 is 10.2 Å². The lowest BCUT2D eigenvalue weighted by molar-refractivity contribution is 0.0956. The molecule has 0 aliphatic carbocycles. The number of carbonyl (C=O) groups excluding carboxylic acids is 1. The molecule has 4 aromatic rings. The molecule has 0 aliphatic rings. The molecule has 0 atom stereocenters. The van der Waals surface area contributed by atoms with E-state index in [0.717, 1.165) is 27.8 Å². The van der Waals surface area contributed by atoms with Crippen molar-refractivity contribution in [2.24, 2.45) is 5.10 Å². The fourth-order valence-electron chi connectivity index (χ4n) is 2.95. The SMILES string of the molecule is COc1ccc(/C=N/NC(=O)c2cc(-c3ccncc3)nc3ccccc23)cc1. The molecule has 0 aliphatic heterocycles. The van der Waals surface area contributed by atoms with Crippen LogP contribution in [0.15, 0.2) is 84.2 Å². The van der Waals surface area contributed by atoms with E-state index in [0.29, 0.717) is 11.3 Å². The maximum absolute atomic E-state index is 12.8. The number of pyridine rings is 2. The molecule has 1 amide bonds. The van der Waals surface area contributed by atoms with Gasteiger partial charge in [-0.3, -0.25) is 9.78 Å². The van der Waals surface area contributed by atoms with Crippen LogP contribution in [0, 0.1) is 0 Å². The van der Waals surface area contributed by atoms with E-state index < -0.39 is 0 Å². The van der Waals surface area contributed by atoms with Gasteiger partial charge >= 0.3 is 0 Å². The van der Waals surface area contributed by atoms with Crippen molar-refractivity contribution in [3.8, 4) is 17.0 Å². The lowest BCUT2D eigenvalue weighted by atomic mass is 10.0. The number of hydrazone groups is 1. The van der Waals surface area contributed by atoms with Gasteiger partial charge in [0.2, 0.25) is 0 Å². The Morgan fingerprint density at radius 1 is 1.03 bits per heavy atom. The number of hydrogen-bond donors (Lipinski definition) is 1. The van der Waals surface area contributed by atoms with E-state index in [2.05, 4.69) is 20.5 Å². The minimum atomic E-state index is -0.302. The van der Waals surface area contributed by atoms with E-state index in [9.17, 15) is 4.79 Å². The average molecular weight is 382 g/mol. The molecule has 0 unspecified atom stereocenters. The lowest BCUT2D eigenvalue weighted by Gasteiger charge is -2.09. The topological polar surface area (TPSA) is 76.5 Å². The second kappa shape index (κ2) is 8.31. The van der Waals surface area contributed by atoms with Crippen LogP contribution in [0.25, 0.3) is 22.2 Å². The summed E-state index contributed by atoms with van der Waals surface area (Å²) in [5.41, 5.74) is 6.30. The zero-order valence-electron chi connectivity index (χ0n) is 15.7. The van der Waals surface area contributed by atoms with Crippen molar-refractivity contribution in [2.45, 2.75) is 0 Å². The molecule has 29 heavy (non-hydrogen) atoms. The van der Waals surface area contributed by atoms with Crippen LogP contribution in [-0.2, 0) is 0 Å². The van der Waals surface area contributed by atoms with Crippen LogP contribution in [0.1, 0.15) is 15.9 Å². The number of ether oxygens (including phenoxy) is 1. The molecule has 142 valence electrons. The van der Waals surface area contributed by atoms with Gasteiger partial charge in [-0.1, -0.05) is 18.2 Å². The number of aromatic nitrogens is 2. The van der Waals surface area contributed by atoms with Gasteiger partial charge in [0.25, 0.3) is 5.91 Å². The van der Waals surface area contributed by atoms with Crippen LogP contribution in [-0.4, -0.2) is 29.2 Å². The maximum atomic E-state index is 12.8. The second-order valence-corrected chi connectivity index (χ2v) is 6.28. The first-order chi connectivity index (χ1) is 14.2. The van der Waals surface area contributed by atoms with Gasteiger partial charge in [0, 0.05) is 23.3 Å². The largest absolute Gasteiger partial charge is 0.497 e. The highest BCUT2D eigenvalue weighted by Crippen LogP contribution is 2.24. The van der Waals surface area contributed by atoms with Gasteiger partial charge in [0.1, 0.15) is 5.75 Å². The van der Waals surface area contributed by atoms with Crippen molar-refractivity contribution < 1.29 is 9.53 Å². The number of hydrogen-bond acceptors (Lipinski definition) is 5. The Morgan fingerprint density at radius 3 is 2.55 bits per heavy atom. The fourth-order valence-corrected chi connectivity index (χ4v) is 2.95. The van der Waals surface area contributed by atoms with Crippen LogP contribution in [0.3, 0.4) is 0 Å². The highest BCUT2D eigenvalue weighted by atomic mass is 16.5. The first kappa shape index (κ1) is 18.3. The summed E-state index contributed by atoms with van der Waals surface area (Å²) in [6, 6.07) is 20.4. The monoisotopic (exact) mass is 382 g/mol. The van der Waals surface area contributed by atoms with Crippen molar-refractivity contribution in [3.05, 3.63) is 90.3 Å². The van der Waals surface area contributed by atoms with E-state index >= 15 is 0 Å². The van der Waals surface area contributed by atoms with Crippen LogP contribution >= 0.6 is 0 Å². The highest BCUT2D eigenvalue weighted by Gasteiger charge is 2.13. The van der Waals surface area contributed by atoms with E-state index in [-0.39, 0.29) is 5.91 Å². The molecule has 1 N–H and O–H groups in total. The number of para-hydroxylation sites is 1. The molecule has 2 heterocycles. The Labute approximate surface area is 167 Å². The van der Waals surface area contributed by atoms with Crippen LogP contribution in [0.4, 0.5) is 0 Å². The predicted octanol–water partition coefficient (Wildman–Crippen LogP) is 4.07. The normalized spacial score (nSPS) is 10.9. The number of amides is 1. The molecule has 0 bridgehead atoms. The molecule has 0 fully saturated rings. The molecule has 0 saturated carbocycles. The van der Waals surface area contributed by atoms with E-state index in [1.807, 2.05) is 60.7 Å². The van der Waals surface area contributed by atoms with Gasteiger partial charge in [-0.05, 0) is 54.1 Å². The smallest absolute Gasteiger partial charge is 0.272 e. The number of nitrogens with zero attached hydrogens (tertiary/aromatic N) is 3. The lowest BCUT2D eigenvalue weighted by Crippen LogP contribution is -2.18. The Hall–Kier alpha value is -4.06. The molecule has 0 spiro atoms. The van der Waals surface area contributed by atoms with Crippen molar-refractivity contribution in [3.63, 3.8) is 0 Å². The Balaban J connectivity index is 1.63. The van der Waals surface area contributed by atoms with E-state index in [4.69, 9.17) is 4.74 Å². The second-order valence-electron chi connectivity index (χ2n) is 6.28. The summed E-state index contributed by atoms with van der Waals surface area (Å²) in [5.74, 6) is 0.460. The molecule has 0 radical (unpaired) electrons. The molecular formula is C23H18N4O2. The Bertz CT molecular complexity index is 1170. The van der Waals surface area contributed by atoms with E-state index in [1.54, 1.807) is 31.8 Å². The maximum Gasteiger partial charge on any atom is 0.272 e. The van der Waals surface area contributed by atoms with Gasteiger partial charge in [-0.2, -0.15) is 5.10 Å². The summed E-state index contributed by atoms with van der Waals surface area (Å²) in [4.78, 5) is 21.6. The van der Waals surface area contributed by atoms with Crippen LogP contribution in [0.2, 0.25) is 0 Å². The summed E-state index contributed by atoms with van der Waals surface area (Å²) in [5, 5.41) is 4.85. The first-order valence-electron chi connectivity index (χ1n) is 9.02. The molecule has 0 saturated heterocycles. The van der Waals surface area contributed by atoms with Gasteiger partial charge < -0.3 is 4.74 Å². The highest BCUT2D eigenvalue weighted by molar-refractivity contribution is 6.07. The van der Waals surface area contributed by atoms with Crippen molar-refractivity contribution in [1.29, 1.82) is 0 Å². The number of carbonyl (C=O) groups is 1. The first-order valence-corrected chi connectivity index (χ1v) is 9.02. The van der Waals surface area contributed by atoms with Gasteiger partial charge in [0.05, 0.1) is 30.1 Å². The molecule has 2 aromatic heterocycles. The third-order valence-electron chi connectivity index (χ3n) is 4.43. The van der Waals surface area contributed by atoms with Gasteiger partial charge in [0.15, 0.2) is 0 Å². The summed E-state index contributed by atoms with van der Waals surface area (Å²) in [6.07, 6.45) is 4.99. The number of rotatable bonds is 5. The summed E-state index contributed by atoms with van der Waals surface area (Å²) < 4.78 is 5.13. The number of nitrogens with one attached hydrogen (secondary N) is 1. The van der Waals surface area contributed by atoms with Gasteiger partial charge in [-0.25, -0.2) is 10.4 Å². The Kier molecular flexibility index (Phi) is 5.25. The van der Waals surface area contributed by atoms with Crippen molar-refractivity contribution >= 4 is 23.0 Å². The van der Waals surface area contributed by atoms with Crippen LogP contribution in [0.5, 0.6) is 5.75 Å². The average Bonchev–Trinajstić information content (AvgIpc) is 2.79. The third kappa shape index (κ3) is 4.11. The standard InChI is InChI=1S/C23H18N4O2/c1-29-18-8-6-16(7-9-18)15-25-27-23(28)20-14-22(17-10-12-24-13-11-17)26-21-5-3-2-4-19(20)21/h2-15H,1H3,(H,27,28)/b25-15+. The summed E-state index contributed by atoms with van der Waals surface area (Å²) in [6.45, 7) is 0. The Morgan fingerprint density at radius 2 is 1.79 bits per heavy atom. The van der Waals surface area contributed by atoms with Gasteiger partial charge in [-0.15, -0.1) is 0 Å². The molecule has 2 aromatic carbocycles. The quantitative estimate of drug-likeness (QED) is 0.417. The number of methoxy groups -OCH3 is 1. The molecule has 4 rings (SSSR count). The minimum absolute atomic E-state index is 0.302. The minimum Gasteiger partial charge on any atom is -0.497 e. The number of benzene rings is 2. The van der Waals surface area contributed by atoms with Crippen molar-refractivity contribution in [1.82, 2.24) is 15.4 Å². The molecular weight excluding hydrogens is 364 g/mol. The number of fused-ring (bicyclic) bond motifs is 1.